The Morgan fingerprint density at radius 2 is 2.22 bits per heavy atom. The highest BCUT2D eigenvalue weighted by atomic mass is 32.1. The van der Waals surface area contributed by atoms with E-state index in [4.69, 9.17) is 0 Å². The van der Waals surface area contributed by atoms with Crippen LogP contribution in [0.5, 0.6) is 0 Å². The van der Waals surface area contributed by atoms with Gasteiger partial charge in [0.05, 0.1) is 18.1 Å². The Morgan fingerprint density at radius 3 is 2.87 bits per heavy atom. The first kappa shape index (κ1) is 15.9. The molecule has 1 saturated heterocycles. The number of likely N-dealkylation sites (tertiary alicyclic amines) is 1. The first-order valence-corrected chi connectivity index (χ1v) is 8.78. The van der Waals surface area contributed by atoms with Gasteiger partial charge in [0.1, 0.15) is 0 Å². The van der Waals surface area contributed by atoms with E-state index in [-0.39, 0.29) is 17.7 Å². The molecule has 0 bridgehead atoms. The molecule has 3 rings (SSSR count). The van der Waals surface area contributed by atoms with Gasteiger partial charge < -0.3 is 10.2 Å². The summed E-state index contributed by atoms with van der Waals surface area (Å²) in [5.74, 6) is 1.23. The van der Waals surface area contributed by atoms with Crippen LogP contribution in [0.2, 0.25) is 0 Å². The minimum Gasteiger partial charge on any atom is -0.342 e. The van der Waals surface area contributed by atoms with Crippen molar-refractivity contribution in [3.05, 3.63) is 29.7 Å². The van der Waals surface area contributed by atoms with Crippen LogP contribution < -0.4 is 5.32 Å². The number of carbonyl (C=O) groups is 1. The second-order valence-corrected chi connectivity index (χ2v) is 6.96. The molecule has 1 amide bonds. The van der Waals surface area contributed by atoms with E-state index in [0.717, 1.165) is 36.8 Å². The summed E-state index contributed by atoms with van der Waals surface area (Å²) in [5.41, 5.74) is 0.955. The van der Waals surface area contributed by atoms with Crippen molar-refractivity contribution < 1.29 is 4.79 Å². The predicted octanol–water partition coefficient (Wildman–Crippen LogP) is 3.04. The van der Waals surface area contributed by atoms with Crippen molar-refractivity contribution in [1.29, 1.82) is 0 Å². The maximum Gasteiger partial charge on any atom is 0.225 e. The molecule has 1 aliphatic rings. The molecule has 3 heterocycles. The van der Waals surface area contributed by atoms with Crippen molar-refractivity contribution >= 4 is 28.2 Å². The zero-order valence-corrected chi connectivity index (χ0v) is 14.2. The van der Waals surface area contributed by atoms with Crippen LogP contribution in [-0.4, -0.2) is 38.8 Å². The summed E-state index contributed by atoms with van der Waals surface area (Å²) in [4.78, 5) is 27.3. The van der Waals surface area contributed by atoms with Crippen molar-refractivity contribution in [2.75, 3.05) is 18.4 Å². The molecule has 1 aliphatic heterocycles. The third-order valence-electron chi connectivity index (χ3n) is 3.98. The Bertz CT molecular complexity index is 641. The minimum atomic E-state index is 0.0460. The quantitative estimate of drug-likeness (QED) is 0.932. The molecule has 0 radical (unpaired) electrons. The van der Waals surface area contributed by atoms with Gasteiger partial charge in [-0.25, -0.2) is 9.97 Å². The molecule has 1 N–H and O–H groups in total. The van der Waals surface area contributed by atoms with Crippen molar-refractivity contribution in [3.63, 3.8) is 0 Å². The number of piperidine rings is 1. The lowest BCUT2D eigenvalue weighted by molar-refractivity contribution is -0.135. The molecule has 1 atom stereocenters. The number of nitrogens with zero attached hydrogens (tertiary/aromatic N) is 4. The molecule has 1 fully saturated rings. The van der Waals surface area contributed by atoms with Gasteiger partial charge in [-0.3, -0.25) is 9.78 Å². The fourth-order valence-electron chi connectivity index (χ4n) is 2.79. The topological polar surface area (TPSA) is 71.0 Å². The fraction of sp³-hybridized carbons (Fsp3) is 0.500. The van der Waals surface area contributed by atoms with Crippen molar-refractivity contribution in [3.8, 4) is 0 Å². The van der Waals surface area contributed by atoms with Crippen molar-refractivity contribution in [2.24, 2.45) is 5.92 Å². The van der Waals surface area contributed by atoms with Crippen molar-refractivity contribution in [1.82, 2.24) is 19.9 Å². The van der Waals surface area contributed by atoms with Gasteiger partial charge in [0.25, 0.3) is 0 Å². The van der Waals surface area contributed by atoms with E-state index in [1.807, 2.05) is 30.3 Å². The number of anilines is 2. The SMILES string of the molecule is CC(C)C(=O)N1CCC[C@H](c2cnc(Nc3nccs3)cn2)C1. The summed E-state index contributed by atoms with van der Waals surface area (Å²) in [6.07, 6.45) is 7.36. The number of nitrogens with one attached hydrogen (secondary N) is 1. The van der Waals surface area contributed by atoms with E-state index >= 15 is 0 Å². The number of aromatic nitrogens is 3. The van der Waals surface area contributed by atoms with Gasteiger partial charge in [0.2, 0.25) is 5.91 Å². The molecule has 0 aromatic carbocycles. The van der Waals surface area contributed by atoms with Crippen molar-refractivity contribution in [2.45, 2.75) is 32.6 Å². The molecule has 122 valence electrons. The standard InChI is InChI=1S/C16H21N5OS/c1-11(2)15(22)21-6-3-4-12(10-21)13-8-19-14(9-18-13)20-16-17-5-7-23-16/h5,7-9,11-12H,3-4,6,10H2,1-2H3,(H,17,19,20)/t12-/m0/s1. The van der Waals surface area contributed by atoms with Crippen LogP contribution in [0.15, 0.2) is 24.0 Å². The summed E-state index contributed by atoms with van der Waals surface area (Å²) >= 11 is 1.52. The highest BCUT2D eigenvalue weighted by Crippen LogP contribution is 2.26. The third-order valence-corrected chi connectivity index (χ3v) is 4.67. The number of thiazole rings is 1. The van der Waals surface area contributed by atoms with Gasteiger partial charge in [-0.05, 0) is 12.8 Å². The summed E-state index contributed by atoms with van der Waals surface area (Å²) in [6.45, 7) is 5.49. The molecule has 0 unspecified atom stereocenters. The van der Waals surface area contributed by atoms with Crippen LogP contribution >= 0.6 is 11.3 Å². The Kier molecular flexibility index (Phi) is 4.85. The summed E-state index contributed by atoms with van der Waals surface area (Å²) in [6, 6.07) is 0. The number of hydrogen-bond donors (Lipinski definition) is 1. The second-order valence-electron chi connectivity index (χ2n) is 6.07. The van der Waals surface area contributed by atoms with Gasteiger partial charge in [-0.2, -0.15) is 0 Å². The number of carbonyl (C=O) groups excluding carboxylic acids is 1. The molecule has 7 heteroatoms. The molecule has 23 heavy (non-hydrogen) atoms. The summed E-state index contributed by atoms with van der Waals surface area (Å²) < 4.78 is 0. The van der Waals surface area contributed by atoms with Gasteiger partial charge >= 0.3 is 0 Å². The van der Waals surface area contributed by atoms with E-state index in [2.05, 4.69) is 20.3 Å². The van der Waals surface area contributed by atoms with Gasteiger partial charge in [-0.15, -0.1) is 11.3 Å². The summed E-state index contributed by atoms with van der Waals surface area (Å²) in [5, 5.41) is 5.84. The largest absolute Gasteiger partial charge is 0.342 e. The molecule has 6 nitrogen and oxygen atoms in total. The lowest BCUT2D eigenvalue weighted by Gasteiger charge is -2.33. The van der Waals surface area contributed by atoms with Crippen LogP contribution in [-0.2, 0) is 4.79 Å². The molecule has 2 aromatic heterocycles. The number of amides is 1. The van der Waals surface area contributed by atoms with Crippen LogP contribution in [0.25, 0.3) is 0 Å². The predicted molar refractivity (Wildman–Crippen MR) is 90.8 cm³/mol. The molecular weight excluding hydrogens is 310 g/mol. The number of hydrogen-bond acceptors (Lipinski definition) is 6. The average Bonchev–Trinajstić information content (AvgIpc) is 3.08. The average molecular weight is 331 g/mol. The lowest BCUT2D eigenvalue weighted by Crippen LogP contribution is -2.41. The molecular formula is C16H21N5OS. The molecule has 0 spiro atoms. The van der Waals surface area contributed by atoms with Crippen LogP contribution in [0.3, 0.4) is 0 Å². The highest BCUT2D eigenvalue weighted by Gasteiger charge is 2.26. The summed E-state index contributed by atoms with van der Waals surface area (Å²) in [7, 11) is 0. The van der Waals surface area contributed by atoms with E-state index in [9.17, 15) is 4.79 Å². The molecule has 2 aromatic rings. The fourth-order valence-corrected chi connectivity index (χ4v) is 3.33. The van der Waals surface area contributed by atoms with Crippen LogP contribution in [0.4, 0.5) is 10.9 Å². The zero-order valence-electron chi connectivity index (χ0n) is 13.4. The second kappa shape index (κ2) is 7.04. The van der Waals surface area contributed by atoms with Crippen LogP contribution in [0, 0.1) is 5.92 Å². The van der Waals surface area contributed by atoms with E-state index < -0.39 is 0 Å². The van der Waals surface area contributed by atoms with Crippen LogP contribution in [0.1, 0.15) is 38.3 Å². The lowest BCUT2D eigenvalue weighted by atomic mass is 9.94. The highest BCUT2D eigenvalue weighted by molar-refractivity contribution is 7.13. The Morgan fingerprint density at radius 1 is 1.35 bits per heavy atom. The van der Waals surface area contributed by atoms with Gasteiger partial charge in [-0.1, -0.05) is 13.8 Å². The third kappa shape index (κ3) is 3.85. The monoisotopic (exact) mass is 331 g/mol. The Labute approximate surface area is 140 Å². The van der Waals surface area contributed by atoms with Gasteiger partial charge in [0.15, 0.2) is 10.9 Å². The zero-order chi connectivity index (χ0) is 16.2. The maximum absolute atomic E-state index is 12.2. The Balaban J connectivity index is 1.65. The smallest absolute Gasteiger partial charge is 0.225 e. The van der Waals surface area contributed by atoms with E-state index in [1.54, 1.807) is 12.4 Å². The Hall–Kier alpha value is -2.02. The molecule has 0 saturated carbocycles. The maximum atomic E-state index is 12.2. The van der Waals surface area contributed by atoms with Gasteiger partial charge in [0, 0.05) is 36.5 Å². The molecule has 0 aliphatic carbocycles. The van der Waals surface area contributed by atoms with E-state index in [1.165, 1.54) is 11.3 Å². The first-order chi connectivity index (χ1) is 11.1. The minimum absolute atomic E-state index is 0.0460. The first-order valence-electron chi connectivity index (χ1n) is 7.90. The van der Waals surface area contributed by atoms with E-state index in [0.29, 0.717) is 5.82 Å². The normalized spacial score (nSPS) is 18.2. The number of rotatable bonds is 4.